The lowest BCUT2D eigenvalue weighted by Crippen LogP contribution is -2.51. The number of carbonyl (C=O) groups is 1. The molecule has 0 radical (unpaired) electrons. The summed E-state index contributed by atoms with van der Waals surface area (Å²) in [6.07, 6.45) is 3.54. The minimum atomic E-state index is -4.00. The molecule has 0 unspecified atom stereocenters. The molecule has 7 nitrogen and oxygen atoms in total. The zero-order valence-corrected chi connectivity index (χ0v) is 24.7. The number of sulfonamides is 1. The largest absolute Gasteiger partial charge is 0.497 e. The van der Waals surface area contributed by atoms with E-state index in [0.29, 0.717) is 17.2 Å². The van der Waals surface area contributed by atoms with Gasteiger partial charge in [-0.15, -0.1) is 0 Å². The average Bonchev–Trinajstić information content (AvgIpc) is 2.95. The van der Waals surface area contributed by atoms with E-state index >= 15 is 0 Å². The van der Waals surface area contributed by atoms with E-state index in [-0.39, 0.29) is 28.8 Å². The van der Waals surface area contributed by atoms with E-state index in [9.17, 15) is 13.2 Å². The van der Waals surface area contributed by atoms with Crippen LogP contribution in [0.3, 0.4) is 0 Å². The number of nitrogens with zero attached hydrogens (tertiary/aromatic N) is 1. The molecule has 0 bridgehead atoms. The van der Waals surface area contributed by atoms with Crippen LogP contribution in [0.15, 0.2) is 65.6 Å². The summed E-state index contributed by atoms with van der Waals surface area (Å²) in [5.41, 5.74) is 4.95. The lowest BCUT2D eigenvalue weighted by molar-refractivity contribution is -0.128. The lowest BCUT2D eigenvalue weighted by Gasteiger charge is -2.36. The molecule has 2 atom stereocenters. The molecule has 3 aromatic rings. The molecule has 0 aromatic heterocycles. The molecule has 40 heavy (non-hydrogen) atoms. The highest BCUT2D eigenvalue weighted by Gasteiger charge is 2.38. The highest BCUT2D eigenvalue weighted by molar-refractivity contribution is 7.92. The van der Waals surface area contributed by atoms with E-state index in [4.69, 9.17) is 9.47 Å². The first kappa shape index (κ1) is 28.0. The van der Waals surface area contributed by atoms with Crippen molar-refractivity contribution in [3.63, 3.8) is 0 Å². The van der Waals surface area contributed by atoms with Gasteiger partial charge >= 0.3 is 0 Å². The number of fused-ring (bicyclic) bond motifs is 2. The van der Waals surface area contributed by atoms with Crippen LogP contribution in [0.2, 0.25) is 0 Å². The van der Waals surface area contributed by atoms with Crippen molar-refractivity contribution in [1.29, 1.82) is 0 Å². The minimum absolute atomic E-state index is 0.115. The lowest BCUT2D eigenvalue weighted by atomic mass is 9.86. The van der Waals surface area contributed by atoms with Crippen molar-refractivity contribution in [2.45, 2.75) is 75.8 Å². The maximum absolute atomic E-state index is 14.0. The Morgan fingerprint density at radius 2 is 1.70 bits per heavy atom. The standard InChI is InChI=1S/C32H38N2O5S/c1-21(23-11-10-22-8-6-7-9-24(22)18-23)33-31(35)30-20-34(40(36,37)27-15-13-26(38-5)14-16-27)28-19-25(32(2,3)4)12-17-29(28)39-30/h10-19,21,30H,6-9,20H2,1-5H3,(H,33,35)/t21-,30+/m0/s1. The van der Waals surface area contributed by atoms with Crippen molar-refractivity contribution in [3.05, 3.63) is 82.9 Å². The fourth-order valence-electron chi connectivity index (χ4n) is 5.37. The van der Waals surface area contributed by atoms with Gasteiger partial charge in [0.1, 0.15) is 11.5 Å². The van der Waals surface area contributed by atoms with Gasteiger partial charge in [-0.25, -0.2) is 8.42 Å². The maximum atomic E-state index is 14.0. The summed E-state index contributed by atoms with van der Waals surface area (Å²) >= 11 is 0. The topological polar surface area (TPSA) is 84.9 Å². The molecule has 0 fully saturated rings. The smallest absolute Gasteiger partial charge is 0.264 e. The van der Waals surface area contributed by atoms with Crippen LogP contribution in [0.25, 0.3) is 0 Å². The van der Waals surface area contributed by atoms with Crippen molar-refractivity contribution >= 4 is 21.6 Å². The number of aryl methyl sites for hydroxylation is 2. The van der Waals surface area contributed by atoms with Crippen molar-refractivity contribution < 1.29 is 22.7 Å². The van der Waals surface area contributed by atoms with E-state index in [1.165, 1.54) is 47.5 Å². The molecular weight excluding hydrogens is 524 g/mol. The van der Waals surface area contributed by atoms with E-state index in [0.717, 1.165) is 24.0 Å². The molecule has 1 aliphatic carbocycles. The van der Waals surface area contributed by atoms with Crippen LogP contribution >= 0.6 is 0 Å². The van der Waals surface area contributed by atoms with Gasteiger partial charge in [0.15, 0.2) is 6.10 Å². The summed E-state index contributed by atoms with van der Waals surface area (Å²) in [6, 6.07) is 18.0. The number of anilines is 1. The van der Waals surface area contributed by atoms with Crippen LogP contribution in [0.5, 0.6) is 11.5 Å². The van der Waals surface area contributed by atoms with Gasteiger partial charge in [0.25, 0.3) is 15.9 Å². The summed E-state index contributed by atoms with van der Waals surface area (Å²) in [5, 5.41) is 3.06. The Balaban J connectivity index is 1.45. The van der Waals surface area contributed by atoms with Crippen molar-refractivity contribution in [2.75, 3.05) is 18.0 Å². The van der Waals surface area contributed by atoms with Crippen molar-refractivity contribution in [3.8, 4) is 11.5 Å². The Morgan fingerprint density at radius 3 is 2.38 bits per heavy atom. The minimum Gasteiger partial charge on any atom is -0.497 e. The van der Waals surface area contributed by atoms with Crippen LogP contribution in [-0.4, -0.2) is 34.1 Å². The van der Waals surface area contributed by atoms with Crippen molar-refractivity contribution in [2.24, 2.45) is 0 Å². The van der Waals surface area contributed by atoms with E-state index < -0.39 is 16.1 Å². The molecule has 1 N–H and O–H groups in total. The van der Waals surface area contributed by atoms with Gasteiger partial charge in [-0.2, -0.15) is 0 Å². The van der Waals surface area contributed by atoms with Gasteiger partial charge in [-0.3, -0.25) is 9.10 Å². The third-order valence-electron chi connectivity index (χ3n) is 7.87. The number of ether oxygens (including phenoxy) is 2. The number of nitrogens with one attached hydrogen (secondary N) is 1. The third kappa shape index (κ3) is 5.55. The van der Waals surface area contributed by atoms with Gasteiger partial charge in [0.05, 0.1) is 30.3 Å². The Morgan fingerprint density at radius 1 is 1.00 bits per heavy atom. The zero-order valence-electron chi connectivity index (χ0n) is 23.9. The summed E-state index contributed by atoms with van der Waals surface area (Å²) in [5.74, 6) is 0.563. The summed E-state index contributed by atoms with van der Waals surface area (Å²) in [6.45, 7) is 8.01. The monoisotopic (exact) mass is 562 g/mol. The predicted octanol–water partition coefficient (Wildman–Crippen LogP) is 5.71. The predicted molar refractivity (Wildman–Crippen MR) is 157 cm³/mol. The SMILES string of the molecule is COc1ccc(S(=O)(=O)N2C[C@H](C(=O)N[C@@H](C)c3ccc4c(c3)CCCC4)Oc3ccc(C(C)(C)C)cc32)cc1. The van der Waals surface area contributed by atoms with E-state index in [1.807, 2.05) is 19.1 Å². The zero-order chi connectivity index (χ0) is 28.7. The van der Waals surface area contributed by atoms with Gasteiger partial charge < -0.3 is 14.8 Å². The molecule has 2 aliphatic rings. The number of hydrogen-bond donors (Lipinski definition) is 1. The molecule has 5 rings (SSSR count). The van der Waals surface area contributed by atoms with Crippen molar-refractivity contribution in [1.82, 2.24) is 5.32 Å². The number of rotatable bonds is 6. The maximum Gasteiger partial charge on any atom is 0.264 e. The van der Waals surface area contributed by atoms with Gasteiger partial charge in [0.2, 0.25) is 0 Å². The number of carbonyl (C=O) groups excluding carboxylic acids is 1. The number of hydrogen-bond acceptors (Lipinski definition) is 5. The second-order valence-electron chi connectivity index (χ2n) is 11.7. The van der Waals surface area contributed by atoms with E-state index in [2.05, 4.69) is 44.3 Å². The molecule has 0 saturated carbocycles. The molecule has 1 aliphatic heterocycles. The molecule has 0 spiro atoms. The summed E-state index contributed by atoms with van der Waals surface area (Å²) in [7, 11) is -2.47. The highest BCUT2D eigenvalue weighted by Crippen LogP contribution is 2.40. The first-order chi connectivity index (χ1) is 19.0. The van der Waals surface area contributed by atoms with Crippen LogP contribution in [0, 0.1) is 0 Å². The Labute approximate surface area is 237 Å². The normalized spacial score (nSPS) is 17.7. The Bertz CT molecular complexity index is 1510. The number of methoxy groups -OCH3 is 1. The van der Waals surface area contributed by atoms with Gasteiger partial charge in [0, 0.05) is 0 Å². The molecule has 8 heteroatoms. The van der Waals surface area contributed by atoms with Crippen LogP contribution in [0.4, 0.5) is 5.69 Å². The quantitative estimate of drug-likeness (QED) is 0.416. The third-order valence-corrected chi connectivity index (χ3v) is 9.66. The van der Waals surface area contributed by atoms with Crippen LogP contribution < -0.4 is 19.1 Å². The molecular formula is C32H38N2O5S. The molecule has 212 valence electrons. The number of amides is 1. The van der Waals surface area contributed by atoms with Crippen LogP contribution in [-0.2, 0) is 33.1 Å². The first-order valence-corrected chi connectivity index (χ1v) is 15.3. The first-order valence-electron chi connectivity index (χ1n) is 13.9. The number of benzene rings is 3. The summed E-state index contributed by atoms with van der Waals surface area (Å²) in [4.78, 5) is 13.6. The highest BCUT2D eigenvalue weighted by atomic mass is 32.2. The fraction of sp³-hybridized carbons (Fsp3) is 0.406. The molecule has 3 aromatic carbocycles. The molecule has 1 heterocycles. The second kappa shape index (κ2) is 10.8. The molecule has 0 saturated heterocycles. The Kier molecular flexibility index (Phi) is 7.57. The van der Waals surface area contributed by atoms with Gasteiger partial charge in [-0.1, -0.05) is 45.0 Å². The van der Waals surface area contributed by atoms with E-state index in [1.54, 1.807) is 18.2 Å². The average molecular weight is 563 g/mol. The Hall–Kier alpha value is -3.52. The molecule has 1 amide bonds. The summed E-state index contributed by atoms with van der Waals surface area (Å²) < 4.78 is 40.6. The van der Waals surface area contributed by atoms with Gasteiger partial charge in [-0.05, 0) is 96.7 Å². The second-order valence-corrected chi connectivity index (χ2v) is 13.6. The fourth-order valence-corrected chi connectivity index (χ4v) is 6.84. The van der Waals surface area contributed by atoms with Crippen LogP contribution in [0.1, 0.15) is 68.8 Å².